The molecule has 0 aliphatic heterocycles. The van der Waals surface area contributed by atoms with Gasteiger partial charge in [-0.25, -0.2) is 4.39 Å². The number of nitrogens with one attached hydrogen (secondary N) is 1. The molecule has 0 atom stereocenters. The van der Waals surface area contributed by atoms with E-state index in [0.29, 0.717) is 18.7 Å². The molecule has 0 fully saturated rings. The molecule has 2 heterocycles. The van der Waals surface area contributed by atoms with Crippen LogP contribution in [0.2, 0.25) is 0 Å². The molecule has 1 N–H and O–H groups in total. The Morgan fingerprint density at radius 1 is 1.33 bits per heavy atom. The largest absolute Gasteiger partial charge is 0.468 e. The van der Waals surface area contributed by atoms with E-state index >= 15 is 0 Å². The first-order chi connectivity index (χ1) is 7.36. The molecule has 3 nitrogen and oxygen atoms in total. The minimum absolute atomic E-state index is 0.288. The number of hydrogen-bond donors (Lipinski definition) is 1. The first-order valence-corrected chi connectivity index (χ1v) is 4.68. The lowest BCUT2D eigenvalue weighted by Crippen LogP contribution is -2.13. The molecule has 0 saturated heterocycles. The number of rotatable bonds is 4. The Morgan fingerprint density at radius 2 is 2.27 bits per heavy atom. The summed E-state index contributed by atoms with van der Waals surface area (Å²) < 4.78 is 18.3. The van der Waals surface area contributed by atoms with E-state index in [0.717, 1.165) is 5.76 Å². The second-order valence-corrected chi connectivity index (χ2v) is 3.15. The van der Waals surface area contributed by atoms with Crippen molar-refractivity contribution in [2.45, 2.75) is 13.1 Å². The Balaban J connectivity index is 1.86. The number of pyridine rings is 1. The molecule has 15 heavy (non-hydrogen) atoms. The second-order valence-electron chi connectivity index (χ2n) is 3.15. The molecule has 0 unspecified atom stereocenters. The fourth-order valence-corrected chi connectivity index (χ4v) is 1.28. The first kappa shape index (κ1) is 9.86. The van der Waals surface area contributed by atoms with Crippen molar-refractivity contribution in [1.82, 2.24) is 10.3 Å². The van der Waals surface area contributed by atoms with Crippen LogP contribution in [0, 0.1) is 5.82 Å². The van der Waals surface area contributed by atoms with Crippen molar-refractivity contribution in [3.05, 3.63) is 54.0 Å². The highest BCUT2D eigenvalue weighted by Gasteiger charge is 2.01. The van der Waals surface area contributed by atoms with Gasteiger partial charge in [0.2, 0.25) is 0 Å². The molecular weight excluding hydrogens is 195 g/mol. The Bertz CT molecular complexity index is 414. The molecule has 0 aromatic carbocycles. The van der Waals surface area contributed by atoms with Gasteiger partial charge in [-0.1, -0.05) is 0 Å². The highest BCUT2D eigenvalue weighted by atomic mass is 19.1. The van der Waals surface area contributed by atoms with Crippen molar-refractivity contribution in [2.75, 3.05) is 0 Å². The second kappa shape index (κ2) is 4.70. The van der Waals surface area contributed by atoms with Crippen molar-refractivity contribution in [1.29, 1.82) is 0 Å². The number of furan rings is 1. The lowest BCUT2D eigenvalue weighted by molar-refractivity contribution is 0.479. The van der Waals surface area contributed by atoms with Crippen LogP contribution in [0.4, 0.5) is 4.39 Å². The lowest BCUT2D eigenvalue weighted by Gasteiger charge is -2.03. The molecule has 2 aromatic heterocycles. The van der Waals surface area contributed by atoms with Crippen molar-refractivity contribution >= 4 is 0 Å². The molecule has 0 aliphatic carbocycles. The molecule has 78 valence electrons. The minimum Gasteiger partial charge on any atom is -0.468 e. The Labute approximate surface area is 86.9 Å². The molecule has 0 amide bonds. The van der Waals surface area contributed by atoms with Gasteiger partial charge in [0.05, 0.1) is 19.0 Å². The van der Waals surface area contributed by atoms with Crippen molar-refractivity contribution < 1.29 is 8.81 Å². The molecule has 0 spiro atoms. The lowest BCUT2D eigenvalue weighted by atomic mass is 10.2. The standard InChI is InChI=1S/C11H11FN2O/c12-11-8-13-4-3-9(11)6-14-7-10-2-1-5-15-10/h1-5,8,14H,6-7H2. The molecule has 4 heteroatoms. The number of halogens is 1. The van der Waals surface area contributed by atoms with E-state index < -0.39 is 0 Å². The first-order valence-electron chi connectivity index (χ1n) is 4.68. The van der Waals surface area contributed by atoms with Crippen molar-refractivity contribution in [3.8, 4) is 0 Å². The molecule has 2 aromatic rings. The third-order valence-corrected chi connectivity index (χ3v) is 2.05. The van der Waals surface area contributed by atoms with Gasteiger partial charge in [-0.05, 0) is 18.2 Å². The van der Waals surface area contributed by atoms with Crippen LogP contribution >= 0.6 is 0 Å². The maximum atomic E-state index is 13.1. The van der Waals surface area contributed by atoms with Crippen LogP contribution in [0.25, 0.3) is 0 Å². The van der Waals surface area contributed by atoms with Gasteiger partial charge in [0.1, 0.15) is 11.6 Å². The third-order valence-electron chi connectivity index (χ3n) is 2.05. The topological polar surface area (TPSA) is 38.1 Å². The Kier molecular flexibility index (Phi) is 3.09. The third kappa shape index (κ3) is 2.63. The Morgan fingerprint density at radius 3 is 3.00 bits per heavy atom. The molecule has 0 bridgehead atoms. The van der Waals surface area contributed by atoms with Gasteiger partial charge < -0.3 is 9.73 Å². The van der Waals surface area contributed by atoms with Crippen LogP contribution < -0.4 is 5.32 Å². The van der Waals surface area contributed by atoms with E-state index in [1.807, 2.05) is 12.1 Å². The summed E-state index contributed by atoms with van der Waals surface area (Å²) in [4.78, 5) is 3.68. The molecule has 0 saturated carbocycles. The zero-order chi connectivity index (χ0) is 10.5. The summed E-state index contributed by atoms with van der Waals surface area (Å²) in [5, 5.41) is 3.08. The van der Waals surface area contributed by atoms with E-state index in [2.05, 4.69) is 10.3 Å². The Hall–Kier alpha value is -1.68. The zero-order valence-electron chi connectivity index (χ0n) is 8.11. The fraction of sp³-hybridized carbons (Fsp3) is 0.182. The van der Waals surface area contributed by atoms with Crippen molar-refractivity contribution in [3.63, 3.8) is 0 Å². The van der Waals surface area contributed by atoms with Crippen LogP contribution in [-0.2, 0) is 13.1 Å². The minimum atomic E-state index is -0.288. The number of nitrogens with zero attached hydrogens (tertiary/aromatic N) is 1. The molecule has 0 aliphatic rings. The SMILES string of the molecule is Fc1cnccc1CNCc1ccco1. The van der Waals surface area contributed by atoms with E-state index in [1.54, 1.807) is 18.5 Å². The summed E-state index contributed by atoms with van der Waals surface area (Å²) in [6, 6.07) is 5.35. The van der Waals surface area contributed by atoms with E-state index in [4.69, 9.17) is 4.42 Å². The van der Waals surface area contributed by atoms with Crippen LogP contribution in [0.3, 0.4) is 0 Å². The zero-order valence-corrected chi connectivity index (χ0v) is 8.11. The molecule has 0 radical (unpaired) electrons. The fourth-order valence-electron chi connectivity index (χ4n) is 1.28. The average molecular weight is 206 g/mol. The summed E-state index contributed by atoms with van der Waals surface area (Å²) in [7, 11) is 0. The van der Waals surface area contributed by atoms with Crippen LogP contribution in [0.15, 0.2) is 41.3 Å². The quantitative estimate of drug-likeness (QED) is 0.832. The van der Waals surface area contributed by atoms with Crippen LogP contribution in [0.1, 0.15) is 11.3 Å². The van der Waals surface area contributed by atoms with Crippen LogP contribution in [0.5, 0.6) is 0 Å². The summed E-state index contributed by atoms with van der Waals surface area (Å²) in [6.45, 7) is 1.06. The van der Waals surface area contributed by atoms with Gasteiger partial charge in [-0.2, -0.15) is 0 Å². The number of aromatic nitrogens is 1. The summed E-state index contributed by atoms with van der Waals surface area (Å²) in [5.41, 5.74) is 0.608. The smallest absolute Gasteiger partial charge is 0.145 e. The maximum absolute atomic E-state index is 13.1. The van der Waals surface area contributed by atoms with Gasteiger partial charge >= 0.3 is 0 Å². The monoisotopic (exact) mass is 206 g/mol. The summed E-state index contributed by atoms with van der Waals surface area (Å²) in [5.74, 6) is 0.550. The van der Waals surface area contributed by atoms with E-state index in [1.165, 1.54) is 6.20 Å². The van der Waals surface area contributed by atoms with Gasteiger partial charge in [0, 0.05) is 18.3 Å². The van der Waals surface area contributed by atoms with Crippen LogP contribution in [-0.4, -0.2) is 4.98 Å². The maximum Gasteiger partial charge on any atom is 0.145 e. The van der Waals surface area contributed by atoms with E-state index in [9.17, 15) is 4.39 Å². The summed E-state index contributed by atoms with van der Waals surface area (Å²) in [6.07, 6.45) is 4.40. The summed E-state index contributed by atoms with van der Waals surface area (Å²) >= 11 is 0. The van der Waals surface area contributed by atoms with Gasteiger partial charge in [-0.15, -0.1) is 0 Å². The van der Waals surface area contributed by atoms with Gasteiger partial charge in [-0.3, -0.25) is 4.98 Å². The van der Waals surface area contributed by atoms with Crippen molar-refractivity contribution in [2.24, 2.45) is 0 Å². The number of hydrogen-bond acceptors (Lipinski definition) is 3. The highest BCUT2D eigenvalue weighted by molar-refractivity contribution is 5.12. The average Bonchev–Trinajstić information content (AvgIpc) is 2.74. The predicted molar refractivity (Wildman–Crippen MR) is 53.4 cm³/mol. The van der Waals surface area contributed by atoms with Gasteiger partial charge in [0.15, 0.2) is 0 Å². The van der Waals surface area contributed by atoms with E-state index in [-0.39, 0.29) is 5.82 Å². The van der Waals surface area contributed by atoms with Gasteiger partial charge in [0.25, 0.3) is 0 Å². The highest BCUT2D eigenvalue weighted by Crippen LogP contribution is 2.04. The molecular formula is C11H11FN2O. The molecule has 2 rings (SSSR count). The normalized spacial score (nSPS) is 10.5. The predicted octanol–water partition coefficient (Wildman–Crippen LogP) is 2.10.